The van der Waals surface area contributed by atoms with Crippen LogP contribution in [0.1, 0.15) is 203 Å². The van der Waals surface area contributed by atoms with Gasteiger partial charge in [0.15, 0.2) is 16.9 Å². The first-order valence-electron chi connectivity index (χ1n) is 36.6. The largest absolute Gasteiger partial charge is 0.393 e. The van der Waals surface area contributed by atoms with Crippen LogP contribution in [0.5, 0.6) is 0 Å². The lowest BCUT2D eigenvalue weighted by Gasteiger charge is -2.25. The van der Waals surface area contributed by atoms with Crippen molar-refractivity contribution in [3.8, 4) is 35.5 Å². The Morgan fingerprint density at radius 3 is 1.22 bits per heavy atom. The van der Waals surface area contributed by atoms with Crippen LogP contribution < -0.4 is 33.2 Å². The maximum Gasteiger partial charge on any atom is 0.270 e. The van der Waals surface area contributed by atoms with Crippen LogP contribution in [-0.4, -0.2) is 99.4 Å². The number of nitrogen functional groups attached to an aromatic ring is 3. The maximum atomic E-state index is 13.7. The second-order valence-electron chi connectivity index (χ2n) is 29.0. The Balaban J connectivity index is 0.000000156. The number of alkyl halides is 4. The van der Waals surface area contributed by atoms with Crippen molar-refractivity contribution in [1.29, 1.82) is 0 Å². The highest BCUT2D eigenvalue weighted by Gasteiger charge is 2.30. The number of nitrogens with one attached hydrogen (secondary N) is 3. The minimum atomic E-state index is -3.05. The van der Waals surface area contributed by atoms with E-state index in [1.165, 1.54) is 61.4 Å². The molecule has 0 saturated heterocycles. The van der Waals surface area contributed by atoms with E-state index < -0.39 is 23.7 Å². The van der Waals surface area contributed by atoms with Gasteiger partial charge in [-0.05, 0) is 197 Å². The molecule has 3 amide bonds. The lowest BCUT2D eigenvalue weighted by molar-refractivity contribution is 0.0168. The number of rotatable bonds is 11. The maximum absolute atomic E-state index is 13.7. The van der Waals surface area contributed by atoms with Crippen LogP contribution >= 0.6 is 0 Å². The van der Waals surface area contributed by atoms with Gasteiger partial charge in [-0.15, -0.1) is 0 Å². The summed E-state index contributed by atoms with van der Waals surface area (Å²) in [6.45, 7) is 16.2. The molecule has 6 heterocycles. The SMILES string of the molecule is CCn1nc(C#Cc2cc(C(=O)Nc3cccc(C(C)(F)F)c3)ccc2C)c2c(N)ncnc21.Cc1ccc(NC(=O)c2cccc(C(C)(C)C)c2)cc1C#Cc1nn(C2CCC(O)CC2)c2ncnc(N)c12.Cc1ccc(NC(=O)c2cccc(C(C)(F)F)c2)cc1C#Cc1nn(C2CCC(O)CC2)c2ncnc(N)c12. The summed E-state index contributed by atoms with van der Waals surface area (Å²) < 4.78 is 60.1. The van der Waals surface area contributed by atoms with Gasteiger partial charge in [0.1, 0.15) is 53.5 Å². The number of amides is 3. The van der Waals surface area contributed by atoms with Gasteiger partial charge < -0.3 is 43.4 Å². The van der Waals surface area contributed by atoms with Crippen molar-refractivity contribution in [2.75, 3.05) is 33.2 Å². The van der Waals surface area contributed by atoms with Gasteiger partial charge in [0.05, 0.1) is 40.5 Å². The summed E-state index contributed by atoms with van der Waals surface area (Å²) in [7, 11) is 0. The number of nitrogens with zero attached hydrogens (tertiary/aromatic N) is 12. The van der Waals surface area contributed by atoms with E-state index in [2.05, 4.69) is 107 Å². The van der Waals surface area contributed by atoms with Crippen molar-refractivity contribution in [2.24, 2.45) is 0 Å². The Morgan fingerprint density at radius 1 is 0.438 bits per heavy atom. The van der Waals surface area contributed by atoms with Crippen LogP contribution in [0.25, 0.3) is 33.1 Å². The summed E-state index contributed by atoms with van der Waals surface area (Å²) in [6, 6.07) is 34.9. The molecule has 0 radical (unpaired) electrons. The van der Waals surface area contributed by atoms with E-state index in [9.17, 15) is 42.2 Å². The summed E-state index contributed by atoms with van der Waals surface area (Å²) in [6.07, 6.45) is 9.67. The molecule has 0 bridgehead atoms. The van der Waals surface area contributed by atoms with Crippen LogP contribution in [0.3, 0.4) is 0 Å². The van der Waals surface area contributed by atoms with E-state index in [0.717, 1.165) is 80.2 Å². The highest BCUT2D eigenvalue weighted by atomic mass is 19.3. The lowest BCUT2D eigenvalue weighted by atomic mass is 9.86. The number of anilines is 6. The second-order valence-corrected chi connectivity index (χ2v) is 29.0. The number of hydrogen-bond donors (Lipinski definition) is 8. The zero-order valence-electron chi connectivity index (χ0n) is 63.3. The van der Waals surface area contributed by atoms with E-state index in [1.807, 2.05) is 85.6 Å². The quantitative estimate of drug-likeness (QED) is 0.0440. The number of aryl methyl sites for hydroxylation is 4. The third-order valence-corrected chi connectivity index (χ3v) is 19.6. The van der Waals surface area contributed by atoms with Crippen LogP contribution in [0.2, 0.25) is 0 Å². The Kier molecular flexibility index (Phi) is 23.3. The van der Waals surface area contributed by atoms with Crippen molar-refractivity contribution in [3.05, 3.63) is 230 Å². The first-order chi connectivity index (χ1) is 53.4. The summed E-state index contributed by atoms with van der Waals surface area (Å²) >= 11 is 0. The number of halogens is 4. The van der Waals surface area contributed by atoms with Crippen LogP contribution in [0, 0.1) is 56.3 Å². The van der Waals surface area contributed by atoms with Gasteiger partial charge >= 0.3 is 0 Å². The molecule has 11 N–H and O–H groups in total. The fourth-order valence-electron chi connectivity index (χ4n) is 13.1. The zero-order valence-corrected chi connectivity index (χ0v) is 63.3. The number of carbonyl (C=O) groups excluding carboxylic acids is 3. The van der Waals surface area contributed by atoms with Gasteiger partial charge in [0.2, 0.25) is 0 Å². The van der Waals surface area contributed by atoms with Gasteiger partial charge in [0.25, 0.3) is 29.6 Å². The molecule has 0 unspecified atom stereocenters. The Hall–Kier alpha value is -12.9. The van der Waals surface area contributed by atoms with E-state index in [-0.39, 0.29) is 63.8 Å². The van der Waals surface area contributed by atoms with Crippen molar-refractivity contribution < 1.29 is 42.2 Å². The minimum Gasteiger partial charge on any atom is -0.393 e. The predicted octanol–water partition coefficient (Wildman–Crippen LogP) is 14.6. The lowest BCUT2D eigenvalue weighted by Crippen LogP contribution is -2.22. The molecule has 6 aromatic carbocycles. The Morgan fingerprint density at radius 2 is 0.795 bits per heavy atom. The van der Waals surface area contributed by atoms with Crippen LogP contribution in [-0.2, 0) is 23.8 Å². The van der Waals surface area contributed by atoms with Gasteiger partial charge in [-0.2, -0.15) is 15.3 Å². The number of hydrogen-bond acceptors (Lipinski definition) is 17. The fraction of sp³-hybridized carbons (Fsp3) is 0.294. The van der Waals surface area contributed by atoms with Gasteiger partial charge in [-0.25, -0.2) is 61.5 Å². The van der Waals surface area contributed by atoms with Crippen molar-refractivity contribution in [1.82, 2.24) is 59.2 Å². The predicted molar refractivity (Wildman–Crippen MR) is 424 cm³/mol. The number of fused-ring (bicyclic) bond motifs is 3. The summed E-state index contributed by atoms with van der Waals surface area (Å²) in [5.74, 6) is 12.5. The molecule has 2 aliphatic rings. The number of benzene rings is 6. The van der Waals surface area contributed by atoms with E-state index >= 15 is 0 Å². The number of aromatic nitrogens is 12. The average molecular weight is 1510 g/mol. The highest BCUT2D eigenvalue weighted by molar-refractivity contribution is 6.06. The van der Waals surface area contributed by atoms with Crippen molar-refractivity contribution in [2.45, 2.75) is 162 Å². The molecule has 6 aromatic heterocycles. The van der Waals surface area contributed by atoms with E-state index in [4.69, 9.17) is 27.4 Å². The topological polar surface area (TPSA) is 337 Å². The molecule has 572 valence electrons. The fourth-order valence-corrected chi connectivity index (χ4v) is 13.1. The molecule has 2 saturated carbocycles. The third kappa shape index (κ3) is 18.3. The molecule has 2 aliphatic carbocycles. The van der Waals surface area contributed by atoms with Gasteiger partial charge in [-0.3, -0.25) is 14.4 Å². The van der Waals surface area contributed by atoms with Crippen molar-refractivity contribution >= 4 is 85.3 Å². The van der Waals surface area contributed by atoms with E-state index in [1.54, 1.807) is 41.1 Å². The number of aliphatic hydroxyl groups is 2. The molecule has 14 rings (SSSR count). The molecule has 0 aliphatic heterocycles. The summed E-state index contributed by atoms with van der Waals surface area (Å²) in [5, 5.41) is 44.1. The molecule has 2 fully saturated rings. The first kappa shape index (κ1) is 78.7. The minimum absolute atomic E-state index is 0.0489. The molecular formula is C85H84F4N18O5. The van der Waals surface area contributed by atoms with Crippen molar-refractivity contribution in [3.63, 3.8) is 0 Å². The second kappa shape index (κ2) is 33.1. The third-order valence-electron chi connectivity index (χ3n) is 19.6. The smallest absolute Gasteiger partial charge is 0.270 e. The molecule has 27 heteroatoms. The highest BCUT2D eigenvalue weighted by Crippen LogP contribution is 2.36. The summed E-state index contributed by atoms with van der Waals surface area (Å²) in [5.41, 5.74) is 29.6. The van der Waals surface area contributed by atoms with Crippen LogP contribution in [0.4, 0.5) is 52.1 Å². The molecule has 0 spiro atoms. The van der Waals surface area contributed by atoms with Crippen LogP contribution in [0.15, 0.2) is 146 Å². The molecular weight excluding hydrogens is 1430 g/mol. The average Bonchev–Trinajstić information content (AvgIpc) is 1.62. The molecule has 112 heavy (non-hydrogen) atoms. The summed E-state index contributed by atoms with van der Waals surface area (Å²) in [4.78, 5) is 64.0. The number of carbonyl (C=O) groups is 3. The molecule has 23 nitrogen and oxygen atoms in total. The monoisotopic (exact) mass is 1510 g/mol. The number of aliphatic hydroxyl groups excluding tert-OH is 2. The zero-order chi connectivity index (χ0) is 79.9. The normalized spacial score (nSPS) is 15.6. The molecule has 12 aromatic rings. The standard InChI is InChI=1S/C31H34N6O2.C29H28F2N6O2.C25H22F2N6O/c1-19-8-10-23(35-30(39)21-6-5-7-22(16-21)31(2,3)4)17-20(19)9-15-26-27-28(32)33-18-34-29(27)37(36-26)24-11-13-25(38)14-12-24;1-17-6-8-21(35-28(39)19-4-3-5-20(14-19)29(2,30)31)15-18(17)7-13-24-25-26(32)33-16-34-27(25)37(36-24)22-9-11-23(38)12-10-22;1-4-33-23-21(22(28)29-14-30-23)20(32-33)11-10-16-12-17(9-8-15(16)2)24(34)31-19-7-5-6-18(13-19)25(3,26)27/h5-8,10,16-18,24-25,38H,11-14H2,1-4H3,(H,35,39)(H2,32,33,34);3-6,8,14-16,22-23,38H,9-12H2,1-2H3,(H,35,39)(H2,32,33,34);5-9,12-14H,4H2,1-3H3,(H,31,34)(H2,28,29,30). The molecule has 0 atom stereocenters. The first-order valence-corrected chi connectivity index (χ1v) is 36.6. The Labute approximate surface area is 644 Å². The number of nitrogens with two attached hydrogens (primary N) is 3. The van der Waals surface area contributed by atoms with Gasteiger partial charge in [0, 0.05) is 82.0 Å². The van der Waals surface area contributed by atoms with E-state index in [0.29, 0.717) is 115 Å². The van der Waals surface area contributed by atoms with Gasteiger partial charge in [-0.1, -0.05) is 93.1 Å². The Bertz CT molecular complexity index is 5540.